The van der Waals surface area contributed by atoms with E-state index in [1.807, 2.05) is 26.0 Å². The summed E-state index contributed by atoms with van der Waals surface area (Å²) in [6.07, 6.45) is 0.637. The Hall–Kier alpha value is -0.870. The molecule has 0 aliphatic rings. The highest BCUT2D eigenvalue weighted by atomic mass is 32.2. The Kier molecular flexibility index (Phi) is 5.56. The number of rotatable bonds is 6. The van der Waals surface area contributed by atoms with Crippen LogP contribution in [0.1, 0.15) is 45.6 Å². The van der Waals surface area contributed by atoms with Crippen molar-refractivity contribution < 1.29 is 8.42 Å². The van der Waals surface area contributed by atoms with E-state index < -0.39 is 9.84 Å². The normalized spacial score (nSPS) is 15.5. The summed E-state index contributed by atoms with van der Waals surface area (Å²) in [5, 5.41) is 0. The minimum Gasteiger partial charge on any atom is -0.327 e. The molecule has 4 heteroatoms. The quantitative estimate of drug-likeness (QED) is 0.873. The molecule has 19 heavy (non-hydrogen) atoms. The van der Waals surface area contributed by atoms with Gasteiger partial charge in [-0.2, -0.15) is 0 Å². The molecule has 0 bridgehead atoms. The van der Waals surface area contributed by atoms with Crippen molar-refractivity contribution in [3.8, 4) is 0 Å². The van der Waals surface area contributed by atoms with Gasteiger partial charge < -0.3 is 5.73 Å². The van der Waals surface area contributed by atoms with Gasteiger partial charge in [-0.1, -0.05) is 32.9 Å². The first-order valence-corrected chi connectivity index (χ1v) is 8.53. The smallest absolute Gasteiger partial charge is 0.178 e. The maximum absolute atomic E-state index is 12.0. The Morgan fingerprint density at radius 3 is 2.00 bits per heavy atom. The summed E-state index contributed by atoms with van der Waals surface area (Å²) in [4.78, 5) is 0.408. The van der Waals surface area contributed by atoms with Gasteiger partial charge in [0.05, 0.1) is 10.6 Å². The molecule has 0 aromatic heterocycles. The molecule has 2 N–H and O–H groups in total. The first-order chi connectivity index (χ1) is 8.79. The molecular weight excluding hydrogens is 258 g/mol. The number of sulfone groups is 1. The average molecular weight is 283 g/mol. The van der Waals surface area contributed by atoms with Gasteiger partial charge in [0.15, 0.2) is 9.84 Å². The summed E-state index contributed by atoms with van der Waals surface area (Å²) in [6, 6.07) is 7.27. The number of nitrogens with two attached hydrogens (primary N) is 1. The fraction of sp³-hybridized carbons (Fsp3) is 0.600. The summed E-state index contributed by atoms with van der Waals surface area (Å²) in [5.74, 6) is 0.883. The lowest BCUT2D eigenvalue weighted by atomic mass is 9.83. The maximum atomic E-state index is 12.0. The van der Waals surface area contributed by atoms with Crippen molar-refractivity contribution in [2.75, 3.05) is 5.75 Å². The molecule has 1 rings (SSSR count). The predicted octanol–water partition coefficient (Wildman–Crippen LogP) is 2.96. The third-order valence-electron chi connectivity index (χ3n) is 3.38. The van der Waals surface area contributed by atoms with Gasteiger partial charge in [0.2, 0.25) is 0 Å². The van der Waals surface area contributed by atoms with Crippen LogP contribution in [-0.4, -0.2) is 20.2 Å². The molecule has 2 unspecified atom stereocenters. The zero-order valence-electron chi connectivity index (χ0n) is 12.3. The summed E-state index contributed by atoms with van der Waals surface area (Å²) in [5.41, 5.74) is 7.13. The van der Waals surface area contributed by atoms with E-state index >= 15 is 0 Å². The lowest BCUT2D eigenvalue weighted by Gasteiger charge is -2.25. The zero-order chi connectivity index (χ0) is 14.6. The number of hydrogen-bond acceptors (Lipinski definition) is 3. The van der Waals surface area contributed by atoms with Crippen molar-refractivity contribution in [3.05, 3.63) is 29.8 Å². The number of hydrogen-bond donors (Lipinski definition) is 1. The van der Waals surface area contributed by atoms with E-state index in [9.17, 15) is 8.42 Å². The molecule has 1 aromatic rings. The standard InChI is InChI=1S/C15H25NO2S/c1-5-10-19(17,18)14-8-6-13(7-9-14)15(11(2)3)12(4)16/h6-9,11-12,15H,5,10,16H2,1-4H3. The molecule has 0 saturated heterocycles. The average Bonchev–Trinajstić information content (AvgIpc) is 2.28. The van der Waals surface area contributed by atoms with Gasteiger partial charge in [-0.25, -0.2) is 8.42 Å². The highest BCUT2D eigenvalue weighted by Crippen LogP contribution is 2.28. The summed E-state index contributed by atoms with van der Waals surface area (Å²) in [7, 11) is -3.12. The van der Waals surface area contributed by atoms with Crippen molar-refractivity contribution in [2.45, 2.75) is 51.0 Å². The zero-order valence-corrected chi connectivity index (χ0v) is 13.1. The topological polar surface area (TPSA) is 60.2 Å². The Morgan fingerprint density at radius 2 is 1.63 bits per heavy atom. The van der Waals surface area contributed by atoms with E-state index in [4.69, 9.17) is 5.73 Å². The van der Waals surface area contributed by atoms with Crippen molar-refractivity contribution in [3.63, 3.8) is 0 Å². The second kappa shape index (κ2) is 6.53. The first kappa shape index (κ1) is 16.2. The summed E-state index contributed by atoms with van der Waals surface area (Å²) < 4.78 is 23.9. The van der Waals surface area contributed by atoms with Gasteiger partial charge in [0.25, 0.3) is 0 Å². The van der Waals surface area contributed by atoms with Gasteiger partial charge in [0, 0.05) is 12.0 Å². The van der Waals surface area contributed by atoms with Crippen molar-refractivity contribution >= 4 is 9.84 Å². The molecule has 3 nitrogen and oxygen atoms in total. The van der Waals surface area contributed by atoms with Crippen LogP contribution in [0.15, 0.2) is 29.2 Å². The third kappa shape index (κ3) is 4.05. The van der Waals surface area contributed by atoms with E-state index in [0.29, 0.717) is 17.2 Å². The first-order valence-electron chi connectivity index (χ1n) is 6.88. The van der Waals surface area contributed by atoms with Crippen LogP contribution in [0.2, 0.25) is 0 Å². The fourth-order valence-electron chi connectivity index (χ4n) is 2.58. The highest BCUT2D eigenvalue weighted by Gasteiger charge is 2.21. The molecule has 0 aliphatic carbocycles. The van der Waals surface area contributed by atoms with Gasteiger partial charge in [0.1, 0.15) is 0 Å². The van der Waals surface area contributed by atoms with E-state index in [1.165, 1.54) is 0 Å². The maximum Gasteiger partial charge on any atom is 0.178 e. The fourth-order valence-corrected chi connectivity index (χ4v) is 3.90. The van der Waals surface area contributed by atoms with Gasteiger partial charge >= 0.3 is 0 Å². The van der Waals surface area contributed by atoms with E-state index in [-0.39, 0.29) is 17.7 Å². The molecule has 2 atom stereocenters. The second-order valence-corrected chi connectivity index (χ2v) is 7.63. The Balaban J connectivity index is 3.05. The van der Waals surface area contributed by atoms with Crippen LogP contribution in [0.25, 0.3) is 0 Å². The van der Waals surface area contributed by atoms with Crippen LogP contribution >= 0.6 is 0 Å². The second-order valence-electron chi connectivity index (χ2n) is 5.52. The SMILES string of the molecule is CCCS(=O)(=O)c1ccc(C(C(C)C)C(C)N)cc1. The van der Waals surface area contributed by atoms with E-state index in [1.54, 1.807) is 12.1 Å². The van der Waals surface area contributed by atoms with Gasteiger partial charge in [-0.15, -0.1) is 0 Å². The molecule has 1 aromatic carbocycles. The predicted molar refractivity (Wildman–Crippen MR) is 80.0 cm³/mol. The van der Waals surface area contributed by atoms with E-state index in [0.717, 1.165) is 5.56 Å². The summed E-state index contributed by atoms with van der Waals surface area (Å²) >= 11 is 0. The largest absolute Gasteiger partial charge is 0.327 e. The van der Waals surface area contributed by atoms with E-state index in [2.05, 4.69) is 13.8 Å². The van der Waals surface area contributed by atoms with Gasteiger partial charge in [-0.3, -0.25) is 0 Å². The molecule has 0 aliphatic heterocycles. The van der Waals surface area contributed by atoms with Crippen LogP contribution in [-0.2, 0) is 9.84 Å². The molecule has 0 saturated carbocycles. The molecule has 0 amide bonds. The lowest BCUT2D eigenvalue weighted by molar-refractivity contribution is 0.435. The van der Waals surface area contributed by atoms with Crippen molar-refractivity contribution in [2.24, 2.45) is 11.7 Å². The Labute approximate surface area is 117 Å². The molecule has 0 heterocycles. The van der Waals surface area contributed by atoms with Crippen LogP contribution in [0, 0.1) is 5.92 Å². The summed E-state index contributed by atoms with van der Waals surface area (Å²) in [6.45, 7) is 8.13. The molecule has 0 fully saturated rings. The van der Waals surface area contributed by atoms with Crippen LogP contribution < -0.4 is 5.73 Å². The Bertz CT molecular complexity index is 481. The molecule has 108 valence electrons. The van der Waals surface area contributed by atoms with Crippen LogP contribution in [0.5, 0.6) is 0 Å². The van der Waals surface area contributed by atoms with Crippen molar-refractivity contribution in [1.29, 1.82) is 0 Å². The molecular formula is C15H25NO2S. The van der Waals surface area contributed by atoms with Crippen molar-refractivity contribution in [1.82, 2.24) is 0 Å². The van der Waals surface area contributed by atoms with Gasteiger partial charge in [-0.05, 0) is 37.0 Å². The third-order valence-corrected chi connectivity index (χ3v) is 5.32. The number of benzene rings is 1. The minimum absolute atomic E-state index is 0.0538. The minimum atomic E-state index is -3.12. The lowest BCUT2D eigenvalue weighted by Crippen LogP contribution is -2.28. The van der Waals surface area contributed by atoms with Crippen LogP contribution in [0.4, 0.5) is 0 Å². The Morgan fingerprint density at radius 1 is 1.11 bits per heavy atom. The molecule has 0 spiro atoms. The monoisotopic (exact) mass is 283 g/mol. The van der Waals surface area contributed by atoms with Crippen LogP contribution in [0.3, 0.4) is 0 Å². The highest BCUT2D eigenvalue weighted by molar-refractivity contribution is 7.91. The molecule has 0 radical (unpaired) electrons.